The van der Waals surface area contributed by atoms with E-state index in [1.54, 1.807) is 0 Å². The molecule has 7 heteroatoms. The van der Waals surface area contributed by atoms with Crippen molar-refractivity contribution in [1.29, 1.82) is 0 Å². The Morgan fingerprint density at radius 1 is 1.57 bits per heavy atom. The fraction of sp³-hybridized carbons (Fsp3) is 0.857. The molecule has 0 saturated carbocycles. The zero-order chi connectivity index (χ0) is 10.6. The van der Waals surface area contributed by atoms with E-state index < -0.39 is 22.5 Å². The number of nitrogens with one attached hydrogen (secondary N) is 1. The lowest BCUT2D eigenvalue weighted by molar-refractivity contribution is -0.135. The van der Waals surface area contributed by atoms with Crippen LogP contribution >= 0.6 is 0 Å². The quantitative estimate of drug-likeness (QED) is 0.625. The van der Waals surface area contributed by atoms with Gasteiger partial charge < -0.3 is 9.84 Å². The molecule has 6 nitrogen and oxygen atoms in total. The van der Waals surface area contributed by atoms with Gasteiger partial charge in [-0.3, -0.25) is 4.79 Å². The highest BCUT2D eigenvalue weighted by Gasteiger charge is 2.23. The van der Waals surface area contributed by atoms with Gasteiger partial charge in [-0.2, -0.15) is 0 Å². The Labute approximate surface area is 82.3 Å². The van der Waals surface area contributed by atoms with Crippen LogP contribution < -0.4 is 4.72 Å². The van der Waals surface area contributed by atoms with Crippen LogP contribution in [0.1, 0.15) is 6.42 Å². The van der Waals surface area contributed by atoms with Crippen LogP contribution in [0.3, 0.4) is 0 Å². The van der Waals surface area contributed by atoms with Gasteiger partial charge in [0.25, 0.3) is 0 Å². The number of rotatable bonds is 5. The number of hydrogen-bond donors (Lipinski definition) is 2. The Hall–Kier alpha value is -0.660. The van der Waals surface area contributed by atoms with Crippen LogP contribution in [0.5, 0.6) is 0 Å². The van der Waals surface area contributed by atoms with E-state index in [4.69, 9.17) is 9.84 Å². The monoisotopic (exact) mass is 223 g/mol. The highest BCUT2D eigenvalue weighted by atomic mass is 32.2. The molecule has 1 heterocycles. The van der Waals surface area contributed by atoms with Gasteiger partial charge in [-0.25, -0.2) is 13.1 Å². The summed E-state index contributed by atoms with van der Waals surface area (Å²) in [6, 6.07) is 0. The van der Waals surface area contributed by atoms with Gasteiger partial charge in [0.1, 0.15) is 6.54 Å². The minimum absolute atomic E-state index is 0.0127. The van der Waals surface area contributed by atoms with Gasteiger partial charge in [0.15, 0.2) is 0 Å². The van der Waals surface area contributed by atoms with Crippen molar-refractivity contribution in [3.8, 4) is 0 Å². The molecule has 1 atom stereocenters. The smallest absolute Gasteiger partial charge is 0.318 e. The lowest BCUT2D eigenvalue weighted by atomic mass is 10.2. The highest BCUT2D eigenvalue weighted by Crippen LogP contribution is 2.13. The van der Waals surface area contributed by atoms with Crippen LogP contribution in [0.4, 0.5) is 0 Å². The fourth-order valence-corrected chi connectivity index (χ4v) is 2.60. The largest absolute Gasteiger partial charge is 0.480 e. The summed E-state index contributed by atoms with van der Waals surface area (Å²) in [6.07, 6.45) is 0.716. The van der Waals surface area contributed by atoms with E-state index in [9.17, 15) is 13.2 Å². The summed E-state index contributed by atoms with van der Waals surface area (Å²) >= 11 is 0. The first kappa shape index (κ1) is 11.4. The molecule has 0 bridgehead atoms. The Morgan fingerprint density at radius 2 is 2.29 bits per heavy atom. The molecular formula is C7H13NO5S. The molecule has 1 saturated heterocycles. The maximum Gasteiger partial charge on any atom is 0.318 e. The van der Waals surface area contributed by atoms with Crippen molar-refractivity contribution >= 4 is 16.0 Å². The molecule has 82 valence electrons. The Kier molecular flexibility index (Phi) is 3.85. The predicted octanol–water partition coefficient (Wildman–Crippen LogP) is -0.973. The van der Waals surface area contributed by atoms with E-state index in [-0.39, 0.29) is 11.7 Å². The molecule has 0 radical (unpaired) electrons. The molecule has 14 heavy (non-hydrogen) atoms. The maximum absolute atomic E-state index is 11.3. The third kappa shape index (κ3) is 4.03. The first-order chi connectivity index (χ1) is 6.49. The molecule has 0 spiro atoms. The van der Waals surface area contributed by atoms with Gasteiger partial charge in [0.2, 0.25) is 10.0 Å². The van der Waals surface area contributed by atoms with Gasteiger partial charge in [-0.15, -0.1) is 0 Å². The second-order valence-electron chi connectivity index (χ2n) is 3.23. The minimum Gasteiger partial charge on any atom is -0.480 e. The first-order valence-electron chi connectivity index (χ1n) is 4.26. The normalized spacial score (nSPS) is 22.4. The first-order valence-corrected chi connectivity index (χ1v) is 5.92. The molecule has 1 aliphatic rings. The number of hydrogen-bond acceptors (Lipinski definition) is 4. The standard InChI is InChI=1S/C7H13NO5S/c9-7(10)3-8-14(11,12)5-6-1-2-13-4-6/h6,8H,1-5H2,(H,9,10). The fourth-order valence-electron chi connectivity index (χ4n) is 1.26. The molecule has 0 aromatic rings. The molecule has 0 amide bonds. The summed E-state index contributed by atoms with van der Waals surface area (Å²) in [5.74, 6) is -1.25. The molecule has 0 aromatic heterocycles. The summed E-state index contributed by atoms with van der Waals surface area (Å²) in [5, 5.41) is 8.29. The average molecular weight is 223 g/mol. The summed E-state index contributed by atoms with van der Waals surface area (Å²) in [5.41, 5.74) is 0. The Morgan fingerprint density at radius 3 is 2.79 bits per heavy atom. The predicted molar refractivity (Wildman–Crippen MR) is 48.4 cm³/mol. The van der Waals surface area contributed by atoms with Crippen molar-refractivity contribution < 1.29 is 23.1 Å². The van der Waals surface area contributed by atoms with Gasteiger partial charge in [-0.1, -0.05) is 0 Å². The van der Waals surface area contributed by atoms with Gasteiger partial charge >= 0.3 is 5.97 Å². The second kappa shape index (κ2) is 4.72. The van der Waals surface area contributed by atoms with Gasteiger partial charge in [-0.05, 0) is 12.3 Å². The summed E-state index contributed by atoms with van der Waals surface area (Å²) < 4.78 is 29.5. The van der Waals surface area contributed by atoms with Crippen LogP contribution in [0, 0.1) is 5.92 Å². The number of carboxylic acids is 1. The van der Waals surface area contributed by atoms with Crippen LogP contribution in [-0.2, 0) is 19.6 Å². The zero-order valence-corrected chi connectivity index (χ0v) is 8.42. The number of carbonyl (C=O) groups is 1. The number of aliphatic carboxylic acids is 1. The summed E-state index contributed by atoms with van der Waals surface area (Å²) in [4.78, 5) is 10.1. The maximum atomic E-state index is 11.3. The van der Waals surface area contributed by atoms with Crippen LogP contribution in [-0.4, -0.2) is 45.0 Å². The molecule has 1 rings (SSSR count). The molecule has 2 N–H and O–H groups in total. The molecule has 0 aromatic carbocycles. The third-order valence-corrected chi connectivity index (χ3v) is 3.42. The minimum atomic E-state index is -3.47. The van der Waals surface area contributed by atoms with Crippen molar-refractivity contribution in [2.45, 2.75) is 6.42 Å². The number of sulfonamides is 1. The van der Waals surface area contributed by atoms with Crippen molar-refractivity contribution in [1.82, 2.24) is 4.72 Å². The summed E-state index contributed by atoms with van der Waals surface area (Å²) in [6.45, 7) is 0.461. The van der Waals surface area contributed by atoms with E-state index in [1.807, 2.05) is 4.72 Å². The Balaban J connectivity index is 2.36. The van der Waals surface area contributed by atoms with Crippen molar-refractivity contribution in [3.05, 3.63) is 0 Å². The Bertz CT molecular complexity index is 293. The molecule has 1 aliphatic heterocycles. The van der Waals surface area contributed by atoms with Crippen LogP contribution in [0.25, 0.3) is 0 Å². The van der Waals surface area contributed by atoms with Crippen molar-refractivity contribution in [2.75, 3.05) is 25.5 Å². The lowest BCUT2D eigenvalue weighted by Crippen LogP contribution is -2.33. The number of carboxylic acid groups (broad SMARTS) is 1. The van der Waals surface area contributed by atoms with Gasteiger partial charge in [0.05, 0.1) is 12.4 Å². The third-order valence-electron chi connectivity index (χ3n) is 1.92. The van der Waals surface area contributed by atoms with E-state index in [2.05, 4.69) is 0 Å². The van der Waals surface area contributed by atoms with E-state index in [0.29, 0.717) is 19.6 Å². The average Bonchev–Trinajstić information content (AvgIpc) is 2.53. The van der Waals surface area contributed by atoms with Crippen molar-refractivity contribution in [3.63, 3.8) is 0 Å². The summed E-state index contributed by atoms with van der Waals surface area (Å²) in [7, 11) is -3.47. The molecule has 1 fully saturated rings. The SMILES string of the molecule is O=C(O)CNS(=O)(=O)CC1CCOC1. The molecule has 0 aliphatic carbocycles. The molecule has 1 unspecified atom stereocenters. The van der Waals surface area contributed by atoms with Crippen LogP contribution in [0.2, 0.25) is 0 Å². The van der Waals surface area contributed by atoms with E-state index >= 15 is 0 Å². The van der Waals surface area contributed by atoms with Crippen LogP contribution in [0.15, 0.2) is 0 Å². The zero-order valence-electron chi connectivity index (χ0n) is 7.60. The van der Waals surface area contributed by atoms with E-state index in [1.165, 1.54) is 0 Å². The van der Waals surface area contributed by atoms with Crippen molar-refractivity contribution in [2.24, 2.45) is 5.92 Å². The van der Waals surface area contributed by atoms with Gasteiger partial charge in [0, 0.05) is 6.61 Å². The lowest BCUT2D eigenvalue weighted by Gasteiger charge is -2.08. The second-order valence-corrected chi connectivity index (χ2v) is 5.08. The topological polar surface area (TPSA) is 92.7 Å². The molecular weight excluding hydrogens is 210 g/mol. The van der Waals surface area contributed by atoms with E-state index in [0.717, 1.165) is 0 Å². The highest BCUT2D eigenvalue weighted by molar-refractivity contribution is 7.89. The number of ether oxygens (including phenoxy) is 1.